The van der Waals surface area contributed by atoms with Crippen LogP contribution in [0.2, 0.25) is 0 Å². The van der Waals surface area contributed by atoms with Gasteiger partial charge in [0.2, 0.25) is 0 Å². The van der Waals surface area contributed by atoms with Crippen LogP contribution in [-0.2, 0) is 6.42 Å². The van der Waals surface area contributed by atoms with Crippen LogP contribution in [-0.4, -0.2) is 22.2 Å². The number of methoxy groups -OCH3 is 1. The zero-order valence-corrected chi connectivity index (χ0v) is 17.1. The number of aromatic nitrogens is 2. The van der Waals surface area contributed by atoms with Gasteiger partial charge in [0, 0.05) is 42.6 Å². The van der Waals surface area contributed by atoms with Crippen LogP contribution in [0.5, 0.6) is 5.75 Å². The molecular weight excluding hydrogens is 362 g/mol. The molecule has 5 heteroatoms. The standard InChI is InChI=1S/C22H25N3O2.C2H2/c1-4-15(6-7-20(26)5-2)17-8-16-9-18(13-25-22(16)24-12-17)19-10-21(27-3)14-23-11-19;1-2/h4-5,9-14,26H,6-8H2,1-3H3,(H,24,25);1-2H/b15-4+,20-5+;. The molecule has 0 spiro atoms. The molecule has 5 nitrogen and oxygen atoms in total. The maximum Gasteiger partial charge on any atom is 0.137 e. The fraction of sp³-hybridized carbons (Fsp3) is 0.250. The molecule has 0 atom stereocenters. The van der Waals surface area contributed by atoms with E-state index in [0.717, 1.165) is 41.1 Å². The Bertz CT molecular complexity index is 956. The first-order valence-corrected chi connectivity index (χ1v) is 9.41. The first-order valence-electron chi connectivity index (χ1n) is 9.41. The molecular formula is C24H27N3O2. The minimum absolute atomic E-state index is 0.425. The van der Waals surface area contributed by atoms with Gasteiger partial charge in [-0.15, -0.1) is 12.8 Å². The van der Waals surface area contributed by atoms with Crippen molar-refractivity contribution in [2.24, 2.45) is 0 Å². The molecule has 0 unspecified atom stereocenters. The molecule has 1 aliphatic heterocycles. The van der Waals surface area contributed by atoms with Crippen molar-refractivity contribution >= 4 is 5.82 Å². The number of nitrogens with one attached hydrogen (secondary N) is 1. The smallest absolute Gasteiger partial charge is 0.137 e. The zero-order valence-electron chi connectivity index (χ0n) is 17.1. The highest BCUT2D eigenvalue weighted by molar-refractivity contribution is 5.68. The second kappa shape index (κ2) is 10.7. The third-order valence-corrected chi connectivity index (χ3v) is 4.76. The monoisotopic (exact) mass is 389 g/mol. The fourth-order valence-corrected chi connectivity index (χ4v) is 3.14. The first-order chi connectivity index (χ1) is 14.1. The summed E-state index contributed by atoms with van der Waals surface area (Å²) in [5.41, 5.74) is 5.58. The molecule has 150 valence electrons. The molecule has 2 N–H and O–H groups in total. The molecule has 0 aromatic carbocycles. The zero-order chi connectivity index (χ0) is 21.2. The number of aliphatic hydroxyl groups is 1. The third-order valence-electron chi connectivity index (χ3n) is 4.76. The van der Waals surface area contributed by atoms with Crippen molar-refractivity contribution in [2.45, 2.75) is 33.1 Å². The van der Waals surface area contributed by atoms with Crippen molar-refractivity contribution in [3.05, 3.63) is 71.5 Å². The summed E-state index contributed by atoms with van der Waals surface area (Å²) in [6.45, 7) is 3.89. The normalized spacial score (nSPS) is 13.3. The quantitative estimate of drug-likeness (QED) is 0.508. The lowest BCUT2D eigenvalue weighted by Gasteiger charge is -2.20. The Hall–Kier alpha value is -3.52. The van der Waals surface area contributed by atoms with Crippen molar-refractivity contribution in [1.29, 1.82) is 0 Å². The number of allylic oxidation sites excluding steroid dienone is 5. The lowest BCUT2D eigenvalue weighted by atomic mass is 9.92. The predicted molar refractivity (Wildman–Crippen MR) is 119 cm³/mol. The Morgan fingerprint density at radius 1 is 1.14 bits per heavy atom. The largest absolute Gasteiger partial charge is 0.513 e. The summed E-state index contributed by atoms with van der Waals surface area (Å²) in [7, 11) is 1.64. The Morgan fingerprint density at radius 3 is 2.59 bits per heavy atom. The van der Waals surface area contributed by atoms with Gasteiger partial charge in [0.15, 0.2) is 0 Å². The van der Waals surface area contributed by atoms with E-state index in [1.54, 1.807) is 19.4 Å². The van der Waals surface area contributed by atoms with Crippen LogP contribution >= 0.6 is 0 Å². The number of hydrogen-bond donors (Lipinski definition) is 2. The van der Waals surface area contributed by atoms with E-state index in [2.05, 4.69) is 40.3 Å². The Balaban J connectivity index is 0.00000145. The van der Waals surface area contributed by atoms with E-state index in [1.165, 1.54) is 11.1 Å². The number of nitrogens with zero attached hydrogens (tertiary/aromatic N) is 2. The molecule has 29 heavy (non-hydrogen) atoms. The summed E-state index contributed by atoms with van der Waals surface area (Å²) in [4.78, 5) is 8.80. The molecule has 0 saturated carbocycles. The van der Waals surface area contributed by atoms with Gasteiger partial charge in [-0.2, -0.15) is 0 Å². The van der Waals surface area contributed by atoms with Crippen LogP contribution in [0.15, 0.2) is 66.0 Å². The summed E-state index contributed by atoms with van der Waals surface area (Å²) in [5.74, 6) is 2.03. The van der Waals surface area contributed by atoms with Gasteiger partial charge in [-0.3, -0.25) is 4.98 Å². The van der Waals surface area contributed by atoms with E-state index in [9.17, 15) is 5.11 Å². The topological polar surface area (TPSA) is 67.3 Å². The van der Waals surface area contributed by atoms with Crippen LogP contribution in [0.3, 0.4) is 0 Å². The number of hydrogen-bond acceptors (Lipinski definition) is 5. The van der Waals surface area contributed by atoms with Crippen molar-refractivity contribution in [1.82, 2.24) is 9.97 Å². The van der Waals surface area contributed by atoms with Crippen LogP contribution in [0.25, 0.3) is 11.1 Å². The van der Waals surface area contributed by atoms with E-state index >= 15 is 0 Å². The number of ether oxygens (including phenoxy) is 1. The molecule has 0 aliphatic carbocycles. The summed E-state index contributed by atoms with van der Waals surface area (Å²) in [6.07, 6.45) is 21.5. The molecule has 0 radical (unpaired) electrons. The summed E-state index contributed by atoms with van der Waals surface area (Å²) < 4.78 is 5.27. The molecule has 2 aromatic rings. The molecule has 0 fully saturated rings. The molecule has 3 rings (SSSR count). The van der Waals surface area contributed by atoms with Gasteiger partial charge >= 0.3 is 0 Å². The van der Waals surface area contributed by atoms with Gasteiger partial charge in [-0.05, 0) is 55.2 Å². The second-order valence-corrected chi connectivity index (χ2v) is 6.43. The van der Waals surface area contributed by atoms with E-state index < -0.39 is 0 Å². The van der Waals surface area contributed by atoms with Gasteiger partial charge in [0.25, 0.3) is 0 Å². The second-order valence-electron chi connectivity index (χ2n) is 6.43. The van der Waals surface area contributed by atoms with Gasteiger partial charge in [-0.25, -0.2) is 4.98 Å². The molecule has 0 amide bonds. The number of fused-ring (bicyclic) bond motifs is 1. The number of terminal acetylenes is 1. The first kappa shape index (κ1) is 21.8. The minimum Gasteiger partial charge on any atom is -0.513 e. The molecule has 1 aliphatic rings. The average Bonchev–Trinajstić information content (AvgIpc) is 2.80. The number of pyridine rings is 2. The maximum atomic E-state index is 9.74. The lowest BCUT2D eigenvalue weighted by molar-refractivity contribution is 0.387. The van der Waals surface area contributed by atoms with Crippen LogP contribution in [0.4, 0.5) is 5.82 Å². The molecule has 0 bridgehead atoms. The van der Waals surface area contributed by atoms with E-state index in [1.807, 2.05) is 38.5 Å². The third kappa shape index (κ3) is 5.49. The summed E-state index contributed by atoms with van der Waals surface area (Å²) in [6, 6.07) is 4.11. The predicted octanol–water partition coefficient (Wildman–Crippen LogP) is 5.44. The average molecular weight is 389 g/mol. The molecule has 3 heterocycles. The van der Waals surface area contributed by atoms with Crippen molar-refractivity contribution < 1.29 is 9.84 Å². The van der Waals surface area contributed by atoms with E-state index in [4.69, 9.17) is 4.74 Å². The highest BCUT2D eigenvalue weighted by atomic mass is 16.5. The van der Waals surface area contributed by atoms with Crippen molar-refractivity contribution in [2.75, 3.05) is 12.4 Å². The minimum atomic E-state index is 0.425. The van der Waals surface area contributed by atoms with Crippen molar-refractivity contribution in [3.8, 4) is 29.7 Å². The SMILES string of the molecule is C#C.C/C=C(/O)CC/C(=C\C)C1=CNc2ncc(-c3cncc(OC)c3)cc2C1. The van der Waals surface area contributed by atoms with Crippen molar-refractivity contribution in [3.63, 3.8) is 0 Å². The fourth-order valence-electron chi connectivity index (χ4n) is 3.14. The summed E-state index contributed by atoms with van der Waals surface area (Å²) in [5, 5.41) is 13.0. The molecule has 0 saturated heterocycles. The van der Waals surface area contributed by atoms with Crippen LogP contribution in [0.1, 0.15) is 32.3 Å². The highest BCUT2D eigenvalue weighted by Crippen LogP contribution is 2.31. The van der Waals surface area contributed by atoms with E-state index in [-0.39, 0.29) is 0 Å². The van der Waals surface area contributed by atoms with Crippen LogP contribution in [0, 0.1) is 12.8 Å². The summed E-state index contributed by atoms with van der Waals surface area (Å²) >= 11 is 0. The number of rotatable bonds is 6. The van der Waals surface area contributed by atoms with Gasteiger partial charge in [-0.1, -0.05) is 6.08 Å². The Kier molecular flexibility index (Phi) is 8.05. The Labute approximate surface area is 172 Å². The maximum absolute atomic E-state index is 9.74. The lowest BCUT2D eigenvalue weighted by Crippen LogP contribution is -2.09. The van der Waals surface area contributed by atoms with Gasteiger partial charge in [0.1, 0.15) is 11.6 Å². The van der Waals surface area contributed by atoms with E-state index in [0.29, 0.717) is 12.2 Å². The molecule has 2 aromatic heterocycles. The Morgan fingerprint density at radius 2 is 1.90 bits per heavy atom. The highest BCUT2D eigenvalue weighted by Gasteiger charge is 2.16. The number of aliphatic hydroxyl groups excluding tert-OH is 1. The number of anilines is 1. The van der Waals surface area contributed by atoms with Gasteiger partial charge in [0.05, 0.1) is 19.1 Å². The van der Waals surface area contributed by atoms with Crippen LogP contribution < -0.4 is 10.1 Å². The van der Waals surface area contributed by atoms with Gasteiger partial charge < -0.3 is 15.2 Å².